The van der Waals surface area contributed by atoms with Crippen molar-refractivity contribution in [2.45, 2.75) is 12.8 Å². The second-order valence-corrected chi connectivity index (χ2v) is 2.32. The minimum atomic E-state index is -0.542. The van der Waals surface area contributed by atoms with Crippen molar-refractivity contribution < 1.29 is 4.92 Å². The third-order valence-electron chi connectivity index (χ3n) is 1.47. The monoisotopic (exact) mass is 165 g/mol. The van der Waals surface area contributed by atoms with E-state index in [0.717, 1.165) is 0 Å². The average Bonchev–Trinajstić information content (AvgIpc) is 2.51. The molecular formula is C7H7N3O2. The molecular weight excluding hydrogens is 158 g/mol. The van der Waals surface area contributed by atoms with Crippen molar-refractivity contribution in [1.29, 1.82) is 0 Å². The molecule has 1 aromatic rings. The number of nitrogens with zero attached hydrogens (tertiary/aromatic N) is 2. The Morgan fingerprint density at radius 2 is 2.58 bits per heavy atom. The highest BCUT2D eigenvalue weighted by Gasteiger charge is 2.12. The summed E-state index contributed by atoms with van der Waals surface area (Å²) in [6.45, 7) is 1.75. The lowest BCUT2D eigenvalue weighted by atomic mass is 10.1. The van der Waals surface area contributed by atoms with E-state index in [4.69, 9.17) is 6.42 Å². The molecule has 0 aromatic carbocycles. The Morgan fingerprint density at radius 3 is 3.00 bits per heavy atom. The lowest BCUT2D eigenvalue weighted by Gasteiger charge is -1.92. The van der Waals surface area contributed by atoms with Gasteiger partial charge < -0.3 is 10.1 Å². The van der Waals surface area contributed by atoms with Crippen LogP contribution in [-0.4, -0.2) is 15.1 Å². The zero-order valence-electron chi connectivity index (χ0n) is 6.44. The molecule has 5 heteroatoms. The summed E-state index contributed by atoms with van der Waals surface area (Å²) in [6.07, 6.45) is 5.12. The Bertz CT molecular complexity index is 337. The molecule has 1 unspecified atom stereocenters. The van der Waals surface area contributed by atoms with Gasteiger partial charge in [0.15, 0.2) is 0 Å². The molecule has 1 aromatic heterocycles. The fourth-order valence-corrected chi connectivity index (χ4v) is 0.727. The van der Waals surface area contributed by atoms with Crippen molar-refractivity contribution in [1.82, 2.24) is 10.2 Å². The van der Waals surface area contributed by atoms with E-state index in [1.54, 1.807) is 6.92 Å². The van der Waals surface area contributed by atoms with Gasteiger partial charge >= 0.3 is 5.82 Å². The van der Waals surface area contributed by atoms with Crippen LogP contribution >= 0.6 is 0 Å². The molecule has 1 atom stereocenters. The van der Waals surface area contributed by atoms with E-state index in [2.05, 4.69) is 16.1 Å². The minimum Gasteiger partial charge on any atom is -0.358 e. The van der Waals surface area contributed by atoms with Crippen molar-refractivity contribution in [2.75, 3.05) is 0 Å². The van der Waals surface area contributed by atoms with Crippen LogP contribution in [0.4, 0.5) is 5.82 Å². The molecule has 0 saturated carbocycles. The van der Waals surface area contributed by atoms with Gasteiger partial charge in [0.05, 0.1) is 12.0 Å². The van der Waals surface area contributed by atoms with Gasteiger partial charge in [0, 0.05) is 0 Å². The Labute approximate surface area is 68.9 Å². The lowest BCUT2D eigenvalue weighted by Crippen LogP contribution is -1.88. The topological polar surface area (TPSA) is 71.8 Å². The average molecular weight is 165 g/mol. The fraction of sp³-hybridized carbons (Fsp3) is 0.286. The highest BCUT2D eigenvalue weighted by Crippen LogP contribution is 2.15. The van der Waals surface area contributed by atoms with Crippen LogP contribution in [0.1, 0.15) is 18.5 Å². The number of hydrogen-bond donors (Lipinski definition) is 1. The molecule has 1 rings (SSSR count). The van der Waals surface area contributed by atoms with Crippen molar-refractivity contribution in [3.63, 3.8) is 0 Å². The molecule has 0 aliphatic carbocycles. The van der Waals surface area contributed by atoms with E-state index in [1.165, 1.54) is 6.07 Å². The van der Waals surface area contributed by atoms with Gasteiger partial charge in [-0.15, -0.1) is 11.5 Å². The van der Waals surface area contributed by atoms with Crippen LogP contribution in [0.2, 0.25) is 0 Å². The molecule has 0 aliphatic heterocycles. The van der Waals surface area contributed by atoms with Crippen LogP contribution < -0.4 is 0 Å². The molecule has 62 valence electrons. The van der Waals surface area contributed by atoms with E-state index in [0.29, 0.717) is 5.69 Å². The zero-order chi connectivity index (χ0) is 9.14. The van der Waals surface area contributed by atoms with E-state index < -0.39 is 4.92 Å². The van der Waals surface area contributed by atoms with Gasteiger partial charge in [0.1, 0.15) is 5.69 Å². The number of nitro groups is 1. The molecule has 12 heavy (non-hydrogen) atoms. The standard InChI is InChI=1S/C7H7N3O2/c1-3-5(2)6-4-7(9-8-6)10(11)12/h1,4-5H,2H3,(H,8,9). The zero-order valence-corrected chi connectivity index (χ0v) is 6.44. The predicted molar refractivity (Wildman–Crippen MR) is 42.5 cm³/mol. The smallest absolute Gasteiger partial charge is 0.342 e. The van der Waals surface area contributed by atoms with Gasteiger partial charge in [0.2, 0.25) is 0 Å². The van der Waals surface area contributed by atoms with Gasteiger partial charge in [-0.3, -0.25) is 0 Å². The summed E-state index contributed by atoms with van der Waals surface area (Å²) in [5, 5.41) is 16.2. The molecule has 0 amide bonds. The van der Waals surface area contributed by atoms with Gasteiger partial charge in [0.25, 0.3) is 0 Å². The first-order chi connectivity index (χ1) is 5.65. The Morgan fingerprint density at radius 1 is 1.92 bits per heavy atom. The van der Waals surface area contributed by atoms with E-state index in [-0.39, 0.29) is 11.7 Å². The normalized spacial score (nSPS) is 12.0. The maximum absolute atomic E-state index is 10.2. The second kappa shape index (κ2) is 3.05. The lowest BCUT2D eigenvalue weighted by molar-refractivity contribution is -0.389. The Kier molecular flexibility index (Phi) is 2.10. The van der Waals surface area contributed by atoms with Crippen LogP contribution in [-0.2, 0) is 0 Å². The maximum Gasteiger partial charge on any atom is 0.342 e. The summed E-state index contributed by atoms with van der Waals surface area (Å²) in [5.41, 5.74) is 0.518. The molecule has 5 nitrogen and oxygen atoms in total. The third-order valence-corrected chi connectivity index (χ3v) is 1.47. The van der Waals surface area contributed by atoms with Gasteiger partial charge in [-0.1, -0.05) is 11.0 Å². The Balaban J connectivity index is 2.93. The molecule has 0 saturated heterocycles. The fourth-order valence-electron chi connectivity index (χ4n) is 0.727. The third kappa shape index (κ3) is 1.42. The summed E-state index contributed by atoms with van der Waals surface area (Å²) in [7, 11) is 0. The minimum absolute atomic E-state index is 0.132. The SMILES string of the molecule is C#CC(C)c1cc([N+](=O)[O-])[nH]n1. The van der Waals surface area contributed by atoms with Crippen molar-refractivity contribution in [3.05, 3.63) is 21.9 Å². The second-order valence-electron chi connectivity index (χ2n) is 2.32. The molecule has 0 fully saturated rings. The number of aromatic nitrogens is 2. The number of hydrogen-bond acceptors (Lipinski definition) is 3. The van der Waals surface area contributed by atoms with Crippen LogP contribution in [0.3, 0.4) is 0 Å². The van der Waals surface area contributed by atoms with Crippen molar-refractivity contribution in [2.24, 2.45) is 0 Å². The van der Waals surface area contributed by atoms with Crippen LogP contribution in [0.15, 0.2) is 6.07 Å². The molecule has 0 radical (unpaired) electrons. The number of H-pyrrole nitrogens is 1. The predicted octanol–water partition coefficient (Wildman–Crippen LogP) is 1.05. The summed E-state index contributed by atoms with van der Waals surface area (Å²) in [5.74, 6) is 2.10. The van der Waals surface area contributed by atoms with E-state index in [9.17, 15) is 10.1 Å². The maximum atomic E-state index is 10.2. The van der Waals surface area contributed by atoms with E-state index in [1.807, 2.05) is 0 Å². The van der Waals surface area contributed by atoms with Crippen molar-refractivity contribution in [3.8, 4) is 12.3 Å². The molecule has 0 aliphatic rings. The Hall–Kier alpha value is -1.83. The first-order valence-electron chi connectivity index (χ1n) is 3.31. The molecule has 0 bridgehead atoms. The molecule has 1 N–H and O–H groups in total. The quantitative estimate of drug-likeness (QED) is 0.404. The van der Waals surface area contributed by atoms with Gasteiger partial charge in [-0.25, -0.2) is 0 Å². The summed E-state index contributed by atoms with van der Waals surface area (Å²) in [4.78, 5) is 9.67. The summed E-state index contributed by atoms with van der Waals surface area (Å²) in [6, 6.07) is 1.34. The number of aromatic amines is 1. The number of rotatable bonds is 2. The van der Waals surface area contributed by atoms with Crippen LogP contribution in [0, 0.1) is 22.5 Å². The first-order valence-corrected chi connectivity index (χ1v) is 3.31. The van der Waals surface area contributed by atoms with Crippen LogP contribution in [0.25, 0.3) is 0 Å². The molecule has 1 heterocycles. The number of terminal acetylenes is 1. The first kappa shape index (κ1) is 8.27. The molecule has 0 spiro atoms. The highest BCUT2D eigenvalue weighted by atomic mass is 16.6. The highest BCUT2D eigenvalue weighted by molar-refractivity contribution is 5.26. The summed E-state index contributed by atoms with van der Waals surface area (Å²) >= 11 is 0. The van der Waals surface area contributed by atoms with E-state index >= 15 is 0 Å². The van der Waals surface area contributed by atoms with Gasteiger partial charge in [-0.2, -0.15) is 0 Å². The van der Waals surface area contributed by atoms with Crippen molar-refractivity contribution >= 4 is 5.82 Å². The summed E-state index contributed by atoms with van der Waals surface area (Å²) < 4.78 is 0. The van der Waals surface area contributed by atoms with Crippen LogP contribution in [0.5, 0.6) is 0 Å². The number of nitrogens with one attached hydrogen (secondary N) is 1. The van der Waals surface area contributed by atoms with Gasteiger partial charge in [-0.05, 0) is 11.8 Å². The largest absolute Gasteiger partial charge is 0.358 e.